The smallest absolute Gasteiger partial charge is 0.0700 e. The molecule has 2 atom stereocenters. The van der Waals surface area contributed by atoms with Gasteiger partial charge in [0.05, 0.1) is 6.10 Å². The van der Waals surface area contributed by atoms with Gasteiger partial charge in [0.1, 0.15) is 0 Å². The van der Waals surface area contributed by atoms with Gasteiger partial charge in [0.15, 0.2) is 0 Å². The first-order valence-electron chi connectivity index (χ1n) is 6.75. The van der Waals surface area contributed by atoms with Crippen LogP contribution < -0.4 is 5.32 Å². The monoisotopic (exact) mass is 231 g/mol. The van der Waals surface area contributed by atoms with Gasteiger partial charge >= 0.3 is 0 Å². The van der Waals surface area contributed by atoms with Crippen molar-refractivity contribution >= 4 is 0 Å². The number of hydrogen-bond acceptors (Lipinski definition) is 2. The van der Waals surface area contributed by atoms with Gasteiger partial charge in [0.2, 0.25) is 0 Å². The largest absolute Gasteiger partial charge is 0.377 e. The zero-order valence-corrected chi connectivity index (χ0v) is 10.4. The third kappa shape index (κ3) is 2.38. The molecule has 0 amide bonds. The van der Waals surface area contributed by atoms with Gasteiger partial charge in [-0.2, -0.15) is 0 Å². The summed E-state index contributed by atoms with van der Waals surface area (Å²) in [6.45, 7) is 3.10. The van der Waals surface area contributed by atoms with Crippen LogP contribution >= 0.6 is 0 Å². The third-order valence-electron chi connectivity index (χ3n) is 4.24. The van der Waals surface area contributed by atoms with Gasteiger partial charge in [-0.05, 0) is 37.7 Å². The maximum absolute atomic E-state index is 5.58. The maximum atomic E-state index is 5.58. The highest BCUT2D eigenvalue weighted by molar-refractivity contribution is 5.22. The van der Waals surface area contributed by atoms with Gasteiger partial charge in [0, 0.05) is 18.7 Å². The first-order valence-corrected chi connectivity index (χ1v) is 6.75. The molecule has 2 nitrogen and oxygen atoms in total. The molecule has 1 aromatic rings. The highest BCUT2D eigenvalue weighted by Crippen LogP contribution is 2.37. The normalized spacial score (nSPS) is 36.8. The van der Waals surface area contributed by atoms with Crippen molar-refractivity contribution in [1.29, 1.82) is 0 Å². The lowest BCUT2D eigenvalue weighted by Gasteiger charge is -2.38. The van der Waals surface area contributed by atoms with E-state index in [1.807, 2.05) is 0 Å². The molecule has 0 aromatic heterocycles. The number of rotatable bonds is 3. The molecule has 2 fully saturated rings. The molecule has 1 aliphatic heterocycles. The van der Waals surface area contributed by atoms with Crippen LogP contribution in [-0.4, -0.2) is 24.8 Å². The minimum absolute atomic E-state index is 0.394. The predicted molar refractivity (Wildman–Crippen MR) is 69.2 cm³/mol. The summed E-state index contributed by atoms with van der Waals surface area (Å²) in [6.07, 6.45) is 4.14. The van der Waals surface area contributed by atoms with E-state index in [0.29, 0.717) is 18.2 Å². The van der Waals surface area contributed by atoms with Crippen molar-refractivity contribution in [3.8, 4) is 0 Å². The van der Waals surface area contributed by atoms with E-state index >= 15 is 0 Å². The van der Waals surface area contributed by atoms with Crippen LogP contribution in [0.5, 0.6) is 0 Å². The molecule has 92 valence electrons. The highest BCUT2D eigenvalue weighted by atomic mass is 16.5. The Morgan fingerprint density at radius 1 is 1.18 bits per heavy atom. The first-order chi connectivity index (χ1) is 8.33. The Morgan fingerprint density at radius 2 is 1.94 bits per heavy atom. The molecule has 3 rings (SSSR count). The van der Waals surface area contributed by atoms with E-state index in [-0.39, 0.29) is 0 Å². The van der Waals surface area contributed by atoms with Crippen molar-refractivity contribution in [3.63, 3.8) is 0 Å². The molecule has 0 spiro atoms. The Hall–Kier alpha value is -0.860. The first kappa shape index (κ1) is 11.2. The Balaban J connectivity index is 1.49. The summed E-state index contributed by atoms with van der Waals surface area (Å²) in [5, 5.41) is 3.74. The molecule has 1 saturated carbocycles. The molecular weight excluding hydrogens is 210 g/mol. The average Bonchev–Trinajstić information content (AvgIpc) is 2.70. The Bertz CT molecular complexity index is 358. The maximum Gasteiger partial charge on any atom is 0.0700 e. The van der Waals surface area contributed by atoms with Crippen LogP contribution in [0.1, 0.15) is 37.7 Å². The van der Waals surface area contributed by atoms with E-state index in [1.165, 1.54) is 24.8 Å². The summed E-state index contributed by atoms with van der Waals surface area (Å²) >= 11 is 0. The fourth-order valence-electron chi connectivity index (χ4n) is 3.00. The molecule has 17 heavy (non-hydrogen) atoms. The van der Waals surface area contributed by atoms with E-state index in [1.54, 1.807) is 0 Å². The quantitative estimate of drug-likeness (QED) is 0.863. The Kier molecular flexibility index (Phi) is 3.17. The molecule has 1 saturated heterocycles. The van der Waals surface area contributed by atoms with Crippen LogP contribution in [0.25, 0.3) is 0 Å². The van der Waals surface area contributed by atoms with Crippen LogP contribution in [-0.2, 0) is 4.74 Å². The molecule has 1 aliphatic carbocycles. The lowest BCUT2D eigenvalue weighted by Crippen LogP contribution is -2.47. The molecule has 2 unspecified atom stereocenters. The Morgan fingerprint density at radius 3 is 2.59 bits per heavy atom. The summed E-state index contributed by atoms with van der Waals surface area (Å²) in [5.74, 6) is 0.770. The number of benzene rings is 1. The molecule has 2 heteroatoms. The number of hydrogen-bond donors (Lipinski definition) is 1. The predicted octanol–water partition coefficient (Wildman–Crippen LogP) is 2.70. The minimum atomic E-state index is 0.394. The van der Waals surface area contributed by atoms with E-state index in [2.05, 4.69) is 42.6 Å². The zero-order chi connectivity index (χ0) is 11.7. The Labute approximate surface area is 103 Å². The summed E-state index contributed by atoms with van der Waals surface area (Å²) in [5.41, 5.74) is 1.50. The van der Waals surface area contributed by atoms with Crippen molar-refractivity contribution < 1.29 is 4.74 Å². The molecule has 1 heterocycles. The van der Waals surface area contributed by atoms with Gasteiger partial charge in [-0.3, -0.25) is 0 Å². The average molecular weight is 231 g/mol. The summed E-state index contributed by atoms with van der Waals surface area (Å²) in [7, 11) is 0. The molecule has 2 aliphatic rings. The lowest BCUT2D eigenvalue weighted by molar-refractivity contribution is 0.106. The number of nitrogens with one attached hydrogen (secondary N) is 1. The van der Waals surface area contributed by atoms with Gasteiger partial charge in [0.25, 0.3) is 0 Å². The van der Waals surface area contributed by atoms with Crippen molar-refractivity contribution in [2.24, 2.45) is 0 Å². The minimum Gasteiger partial charge on any atom is -0.377 e. The van der Waals surface area contributed by atoms with E-state index in [4.69, 9.17) is 4.74 Å². The van der Waals surface area contributed by atoms with Crippen LogP contribution in [0.4, 0.5) is 0 Å². The van der Waals surface area contributed by atoms with Crippen LogP contribution in [0, 0.1) is 0 Å². The molecule has 0 bridgehead atoms. The molecule has 1 N–H and O–H groups in total. The third-order valence-corrected chi connectivity index (χ3v) is 4.24. The summed E-state index contributed by atoms with van der Waals surface area (Å²) in [4.78, 5) is 0. The standard InChI is InChI=1S/C15H21NO/c1-11-15(7-8-17-11)16-14-9-13(10-14)12-5-3-2-4-6-12/h2-6,11,13-16H,7-10H2,1H3. The molecular formula is C15H21NO. The fourth-order valence-corrected chi connectivity index (χ4v) is 3.00. The summed E-state index contributed by atoms with van der Waals surface area (Å²) in [6, 6.07) is 12.2. The lowest BCUT2D eigenvalue weighted by atomic mass is 9.75. The second kappa shape index (κ2) is 4.79. The second-order valence-electron chi connectivity index (χ2n) is 5.41. The van der Waals surface area contributed by atoms with Gasteiger partial charge in [-0.15, -0.1) is 0 Å². The van der Waals surface area contributed by atoms with Crippen molar-refractivity contribution in [1.82, 2.24) is 5.32 Å². The second-order valence-corrected chi connectivity index (χ2v) is 5.41. The SMILES string of the molecule is CC1OCCC1NC1CC(c2ccccc2)C1. The van der Waals surface area contributed by atoms with Gasteiger partial charge in [-0.25, -0.2) is 0 Å². The van der Waals surface area contributed by atoms with Crippen LogP contribution in [0.15, 0.2) is 30.3 Å². The zero-order valence-electron chi connectivity index (χ0n) is 10.4. The van der Waals surface area contributed by atoms with E-state index in [0.717, 1.165) is 12.5 Å². The van der Waals surface area contributed by atoms with Crippen LogP contribution in [0.2, 0.25) is 0 Å². The summed E-state index contributed by atoms with van der Waals surface area (Å²) < 4.78 is 5.58. The van der Waals surface area contributed by atoms with Gasteiger partial charge < -0.3 is 10.1 Å². The van der Waals surface area contributed by atoms with E-state index in [9.17, 15) is 0 Å². The van der Waals surface area contributed by atoms with Crippen molar-refractivity contribution in [2.75, 3.05) is 6.61 Å². The molecule has 0 radical (unpaired) electrons. The topological polar surface area (TPSA) is 21.3 Å². The molecule has 1 aromatic carbocycles. The van der Waals surface area contributed by atoms with Crippen LogP contribution in [0.3, 0.4) is 0 Å². The highest BCUT2D eigenvalue weighted by Gasteiger charge is 2.34. The van der Waals surface area contributed by atoms with E-state index < -0.39 is 0 Å². The van der Waals surface area contributed by atoms with Crippen molar-refractivity contribution in [3.05, 3.63) is 35.9 Å². The number of ether oxygens (including phenoxy) is 1. The van der Waals surface area contributed by atoms with Gasteiger partial charge in [-0.1, -0.05) is 30.3 Å². The van der Waals surface area contributed by atoms with Crippen molar-refractivity contribution in [2.45, 2.75) is 50.3 Å². The fraction of sp³-hybridized carbons (Fsp3) is 0.600.